The first-order chi connectivity index (χ1) is 10.3. The molecule has 7 heteroatoms. The van der Waals surface area contributed by atoms with E-state index in [1.807, 2.05) is 6.92 Å². The average Bonchev–Trinajstić information content (AvgIpc) is 2.84. The molecule has 0 saturated heterocycles. The van der Waals surface area contributed by atoms with Gasteiger partial charge in [0.05, 0.1) is 13.0 Å². The first-order valence-electron chi connectivity index (χ1n) is 7.16. The average molecular weight is 327 g/mol. The Kier molecular flexibility index (Phi) is 4.77. The molecule has 1 fully saturated rings. The van der Waals surface area contributed by atoms with E-state index in [9.17, 15) is 18.3 Å². The van der Waals surface area contributed by atoms with Gasteiger partial charge in [-0.25, -0.2) is 13.1 Å². The third kappa shape index (κ3) is 3.25. The van der Waals surface area contributed by atoms with Gasteiger partial charge in [-0.2, -0.15) is 0 Å². The predicted molar refractivity (Wildman–Crippen MR) is 81.6 cm³/mol. The van der Waals surface area contributed by atoms with Crippen molar-refractivity contribution in [1.82, 2.24) is 4.72 Å². The van der Waals surface area contributed by atoms with E-state index in [0.717, 1.165) is 5.56 Å². The number of ether oxygens (including phenoxy) is 1. The lowest BCUT2D eigenvalue weighted by atomic mass is 10.1. The van der Waals surface area contributed by atoms with E-state index in [4.69, 9.17) is 4.74 Å². The molecule has 0 spiro atoms. The van der Waals surface area contributed by atoms with Gasteiger partial charge >= 0.3 is 5.97 Å². The summed E-state index contributed by atoms with van der Waals surface area (Å²) in [7, 11) is -2.42. The lowest BCUT2D eigenvalue weighted by molar-refractivity contribution is -0.141. The summed E-state index contributed by atoms with van der Waals surface area (Å²) >= 11 is 0. The van der Waals surface area contributed by atoms with Crippen LogP contribution in [-0.2, 0) is 14.8 Å². The number of hydrogen-bond acceptors (Lipinski definition) is 4. The maximum Gasteiger partial charge on any atom is 0.308 e. The van der Waals surface area contributed by atoms with Crippen molar-refractivity contribution >= 4 is 16.0 Å². The Morgan fingerprint density at radius 2 is 2.00 bits per heavy atom. The van der Waals surface area contributed by atoms with Crippen LogP contribution in [0.2, 0.25) is 0 Å². The predicted octanol–water partition coefficient (Wildman–Crippen LogP) is 1.84. The Morgan fingerprint density at radius 1 is 1.32 bits per heavy atom. The number of nitrogens with one attached hydrogen (secondary N) is 1. The van der Waals surface area contributed by atoms with Gasteiger partial charge in [-0.05, 0) is 43.9 Å². The fourth-order valence-corrected chi connectivity index (χ4v) is 4.75. The number of methoxy groups -OCH3 is 1. The van der Waals surface area contributed by atoms with Crippen molar-refractivity contribution in [3.63, 3.8) is 0 Å². The molecule has 1 saturated carbocycles. The number of aliphatic carboxylic acids is 1. The van der Waals surface area contributed by atoms with E-state index < -0.39 is 28.0 Å². The molecule has 0 aromatic heterocycles. The number of aryl methyl sites for hydroxylation is 2. The highest BCUT2D eigenvalue weighted by Gasteiger charge is 2.37. The minimum absolute atomic E-state index is 0.0802. The molecule has 6 nitrogen and oxygen atoms in total. The Balaban J connectivity index is 2.37. The van der Waals surface area contributed by atoms with Crippen LogP contribution < -0.4 is 9.46 Å². The van der Waals surface area contributed by atoms with Crippen LogP contribution in [0, 0.1) is 19.8 Å². The molecule has 0 amide bonds. The van der Waals surface area contributed by atoms with Crippen LogP contribution >= 0.6 is 0 Å². The molecule has 122 valence electrons. The Labute approximate surface area is 130 Å². The summed E-state index contributed by atoms with van der Waals surface area (Å²) in [6, 6.07) is 2.85. The molecule has 1 aromatic carbocycles. The van der Waals surface area contributed by atoms with Crippen molar-refractivity contribution in [3.8, 4) is 5.75 Å². The summed E-state index contributed by atoms with van der Waals surface area (Å²) in [4.78, 5) is 11.3. The molecule has 2 rings (SSSR count). The van der Waals surface area contributed by atoms with Crippen molar-refractivity contribution < 1.29 is 23.1 Å². The molecule has 2 atom stereocenters. The highest BCUT2D eigenvalue weighted by atomic mass is 32.2. The van der Waals surface area contributed by atoms with E-state index in [1.165, 1.54) is 7.11 Å². The van der Waals surface area contributed by atoms with Gasteiger partial charge in [-0.1, -0.05) is 12.5 Å². The largest absolute Gasteiger partial charge is 0.495 e. The van der Waals surface area contributed by atoms with Gasteiger partial charge in [0.15, 0.2) is 0 Å². The van der Waals surface area contributed by atoms with Gasteiger partial charge in [0.2, 0.25) is 10.0 Å². The lowest BCUT2D eigenvalue weighted by Gasteiger charge is -2.20. The molecule has 1 aromatic rings. The van der Waals surface area contributed by atoms with Crippen molar-refractivity contribution in [2.24, 2.45) is 5.92 Å². The van der Waals surface area contributed by atoms with Gasteiger partial charge in [-0.3, -0.25) is 4.79 Å². The second-order valence-corrected chi connectivity index (χ2v) is 7.37. The van der Waals surface area contributed by atoms with Crippen molar-refractivity contribution in [2.75, 3.05) is 7.11 Å². The number of benzene rings is 1. The third-order valence-corrected chi connectivity index (χ3v) is 5.69. The molecule has 0 bridgehead atoms. The topological polar surface area (TPSA) is 92.7 Å². The standard InChI is InChI=1S/C15H21NO5S/c1-9-7-10(2)14(13(8-9)21-3)22(19,20)16-12-6-4-5-11(12)15(17)18/h7-8,11-12,16H,4-6H2,1-3H3,(H,17,18)/t11-,12-/m1/s1. The quantitative estimate of drug-likeness (QED) is 0.861. The zero-order valence-corrected chi connectivity index (χ0v) is 13.7. The first-order valence-corrected chi connectivity index (χ1v) is 8.65. The summed E-state index contributed by atoms with van der Waals surface area (Å²) < 4.78 is 33.1. The third-order valence-electron chi connectivity index (χ3n) is 4.01. The van der Waals surface area contributed by atoms with E-state index >= 15 is 0 Å². The molecule has 0 radical (unpaired) electrons. The molecular formula is C15H21NO5S. The maximum atomic E-state index is 12.7. The molecule has 0 aliphatic heterocycles. The van der Waals surface area contributed by atoms with Crippen LogP contribution in [0.1, 0.15) is 30.4 Å². The minimum Gasteiger partial charge on any atom is -0.495 e. The monoisotopic (exact) mass is 327 g/mol. The summed E-state index contributed by atoms with van der Waals surface area (Å²) in [5.74, 6) is -1.36. The Morgan fingerprint density at radius 3 is 2.59 bits per heavy atom. The molecule has 2 N–H and O–H groups in total. The summed E-state index contributed by atoms with van der Waals surface area (Å²) in [6.07, 6.45) is 1.73. The fraction of sp³-hybridized carbons (Fsp3) is 0.533. The van der Waals surface area contributed by atoms with Gasteiger partial charge in [-0.15, -0.1) is 0 Å². The van der Waals surface area contributed by atoms with E-state index in [2.05, 4.69) is 4.72 Å². The Hall–Kier alpha value is -1.60. The van der Waals surface area contributed by atoms with E-state index in [-0.39, 0.29) is 10.6 Å². The van der Waals surface area contributed by atoms with Gasteiger partial charge in [0.25, 0.3) is 0 Å². The normalized spacial score (nSPS) is 21.8. The highest BCUT2D eigenvalue weighted by Crippen LogP contribution is 2.32. The van der Waals surface area contributed by atoms with Gasteiger partial charge in [0, 0.05) is 6.04 Å². The number of rotatable bonds is 5. The minimum atomic E-state index is -3.84. The van der Waals surface area contributed by atoms with Gasteiger partial charge < -0.3 is 9.84 Å². The van der Waals surface area contributed by atoms with Crippen LogP contribution in [0.5, 0.6) is 5.75 Å². The number of sulfonamides is 1. The summed E-state index contributed by atoms with van der Waals surface area (Å²) in [5, 5.41) is 9.18. The fourth-order valence-electron chi connectivity index (χ4n) is 3.07. The molecule has 1 aliphatic carbocycles. The van der Waals surface area contributed by atoms with Crippen LogP contribution in [0.4, 0.5) is 0 Å². The van der Waals surface area contributed by atoms with Crippen molar-refractivity contribution in [2.45, 2.75) is 44.0 Å². The highest BCUT2D eigenvalue weighted by molar-refractivity contribution is 7.89. The van der Waals surface area contributed by atoms with Crippen molar-refractivity contribution in [3.05, 3.63) is 23.3 Å². The van der Waals surface area contributed by atoms with Crippen LogP contribution in [0.15, 0.2) is 17.0 Å². The maximum absolute atomic E-state index is 12.7. The van der Waals surface area contributed by atoms with Crippen molar-refractivity contribution in [1.29, 1.82) is 0 Å². The second kappa shape index (κ2) is 6.26. The number of carbonyl (C=O) groups is 1. The zero-order chi connectivity index (χ0) is 16.5. The van der Waals surface area contributed by atoms with E-state index in [0.29, 0.717) is 24.8 Å². The molecule has 22 heavy (non-hydrogen) atoms. The number of carboxylic acid groups (broad SMARTS) is 1. The van der Waals surface area contributed by atoms with Crippen LogP contribution in [0.25, 0.3) is 0 Å². The van der Waals surface area contributed by atoms with Crippen LogP contribution in [0.3, 0.4) is 0 Å². The SMILES string of the molecule is COc1cc(C)cc(C)c1S(=O)(=O)N[C@@H]1CCC[C@H]1C(=O)O. The molecule has 1 aliphatic rings. The smallest absolute Gasteiger partial charge is 0.308 e. The van der Waals surface area contributed by atoms with E-state index in [1.54, 1.807) is 19.1 Å². The second-order valence-electron chi connectivity index (χ2n) is 5.72. The summed E-state index contributed by atoms with van der Waals surface area (Å²) in [5.41, 5.74) is 1.48. The lowest BCUT2D eigenvalue weighted by Crippen LogP contribution is -2.40. The first kappa shape index (κ1) is 16.8. The molecule has 0 unspecified atom stereocenters. The number of hydrogen-bond donors (Lipinski definition) is 2. The molecule has 0 heterocycles. The van der Waals surface area contributed by atoms with Crippen LogP contribution in [-0.4, -0.2) is 32.6 Å². The van der Waals surface area contributed by atoms with Gasteiger partial charge in [0.1, 0.15) is 10.6 Å². The number of carboxylic acids is 1. The summed E-state index contributed by atoms with van der Waals surface area (Å²) in [6.45, 7) is 3.56. The Bertz CT molecular complexity index is 683. The molecular weight excluding hydrogens is 306 g/mol. The zero-order valence-electron chi connectivity index (χ0n) is 12.9.